The van der Waals surface area contributed by atoms with Gasteiger partial charge in [-0.15, -0.1) is 0 Å². The molecule has 5 heteroatoms. The van der Waals surface area contributed by atoms with Crippen LogP contribution in [0.4, 0.5) is 5.69 Å². The molecule has 0 N–H and O–H groups in total. The monoisotopic (exact) mass is 368 g/mol. The van der Waals surface area contributed by atoms with Crippen LogP contribution in [-0.4, -0.2) is 55.5 Å². The molecule has 4 aliphatic heterocycles. The molecule has 1 saturated carbocycles. The van der Waals surface area contributed by atoms with Crippen molar-refractivity contribution in [2.45, 2.75) is 50.0 Å². The molecular weight excluding hydrogens is 340 g/mol. The summed E-state index contributed by atoms with van der Waals surface area (Å²) >= 11 is 0. The fourth-order valence-electron chi connectivity index (χ4n) is 7.81. The van der Waals surface area contributed by atoms with Crippen molar-refractivity contribution in [3.63, 3.8) is 0 Å². The van der Waals surface area contributed by atoms with E-state index in [0.717, 1.165) is 38.2 Å². The molecule has 4 fully saturated rings. The molecule has 0 aromatic heterocycles. The van der Waals surface area contributed by atoms with Crippen molar-refractivity contribution in [3.05, 3.63) is 29.8 Å². The Bertz CT molecular complexity index is 828. The van der Waals surface area contributed by atoms with E-state index >= 15 is 0 Å². The van der Waals surface area contributed by atoms with E-state index in [1.807, 2.05) is 7.11 Å². The highest BCUT2D eigenvalue weighted by molar-refractivity contribution is 5.96. The van der Waals surface area contributed by atoms with E-state index in [1.165, 1.54) is 5.56 Å². The minimum Gasteiger partial charge on any atom is -0.378 e. The molecular formula is C22H28N2O3. The maximum absolute atomic E-state index is 12.9. The number of hydrogen-bond donors (Lipinski definition) is 0. The number of para-hydroxylation sites is 1. The first-order chi connectivity index (χ1) is 13.0. The summed E-state index contributed by atoms with van der Waals surface area (Å²) in [6, 6.07) is 8.69. The van der Waals surface area contributed by atoms with Crippen molar-refractivity contribution in [2.75, 3.05) is 31.7 Å². The van der Waals surface area contributed by atoms with Crippen molar-refractivity contribution in [2.24, 2.45) is 17.8 Å². The standard InChI is InChI=1S/C22H28N2O3/c1-13-16-11-23-9-8-21-18-6-4-5-7-19(18)24(14(2)25)20(21)17(12-27-13)15(16)10-22(21,23)26-3/h4-7,13,15-17,20H,8-12H2,1-3H3. The van der Waals surface area contributed by atoms with E-state index in [9.17, 15) is 4.79 Å². The van der Waals surface area contributed by atoms with Crippen LogP contribution in [0, 0.1) is 17.8 Å². The Morgan fingerprint density at radius 2 is 2.07 bits per heavy atom. The van der Waals surface area contributed by atoms with Crippen molar-refractivity contribution < 1.29 is 14.3 Å². The Labute approximate surface area is 160 Å². The van der Waals surface area contributed by atoms with Gasteiger partial charge in [0.2, 0.25) is 5.91 Å². The highest BCUT2D eigenvalue weighted by atomic mass is 16.5. The Morgan fingerprint density at radius 3 is 2.85 bits per heavy atom. The predicted octanol–water partition coefficient (Wildman–Crippen LogP) is 2.39. The molecule has 1 spiro atoms. The number of amides is 1. The summed E-state index contributed by atoms with van der Waals surface area (Å²) in [6.45, 7) is 6.78. The van der Waals surface area contributed by atoms with Gasteiger partial charge in [0.25, 0.3) is 0 Å². The Balaban J connectivity index is 1.65. The SMILES string of the molecule is COC12CC3C4CN1CCC21c2ccccc2N(C(C)=O)C1C3COC4C. The van der Waals surface area contributed by atoms with E-state index in [1.54, 1.807) is 6.92 Å². The van der Waals surface area contributed by atoms with Crippen molar-refractivity contribution in [3.8, 4) is 0 Å². The fraction of sp³-hybridized carbons (Fsp3) is 0.682. The predicted molar refractivity (Wildman–Crippen MR) is 101 cm³/mol. The first-order valence-corrected chi connectivity index (χ1v) is 10.4. The normalized spacial score (nSPS) is 46.9. The van der Waals surface area contributed by atoms with Crippen LogP contribution in [-0.2, 0) is 19.7 Å². The molecule has 2 bridgehead atoms. The molecule has 27 heavy (non-hydrogen) atoms. The van der Waals surface area contributed by atoms with Gasteiger partial charge < -0.3 is 14.4 Å². The molecule has 1 aromatic rings. The number of hydrogen-bond acceptors (Lipinski definition) is 4. The summed E-state index contributed by atoms with van der Waals surface area (Å²) in [7, 11) is 1.89. The van der Waals surface area contributed by atoms with Crippen LogP contribution in [0.3, 0.4) is 0 Å². The molecule has 144 valence electrons. The molecule has 0 radical (unpaired) electrons. The number of anilines is 1. The second-order valence-electron chi connectivity index (χ2n) is 9.24. The van der Waals surface area contributed by atoms with Gasteiger partial charge in [0.05, 0.1) is 24.2 Å². The summed E-state index contributed by atoms with van der Waals surface area (Å²) in [5, 5.41) is 0. The molecule has 5 nitrogen and oxygen atoms in total. The molecule has 3 saturated heterocycles. The number of rotatable bonds is 1. The first-order valence-electron chi connectivity index (χ1n) is 10.4. The first kappa shape index (κ1) is 16.5. The third kappa shape index (κ3) is 1.63. The number of carbonyl (C=O) groups excluding carboxylic acids is 1. The lowest BCUT2D eigenvalue weighted by molar-refractivity contribution is -0.260. The van der Waals surface area contributed by atoms with Crippen LogP contribution in [0.5, 0.6) is 0 Å². The van der Waals surface area contributed by atoms with Crippen molar-refractivity contribution in [1.29, 1.82) is 0 Å². The van der Waals surface area contributed by atoms with Gasteiger partial charge in [0, 0.05) is 44.6 Å². The van der Waals surface area contributed by atoms with E-state index in [4.69, 9.17) is 9.47 Å². The van der Waals surface area contributed by atoms with E-state index < -0.39 is 0 Å². The summed E-state index contributed by atoms with van der Waals surface area (Å²) < 4.78 is 12.8. The molecule has 7 unspecified atom stereocenters. The number of nitrogens with zero attached hydrogens (tertiary/aromatic N) is 2. The van der Waals surface area contributed by atoms with Gasteiger partial charge in [-0.3, -0.25) is 9.69 Å². The van der Waals surface area contributed by atoms with Crippen LogP contribution >= 0.6 is 0 Å². The number of fused-ring (bicyclic) bond motifs is 2. The van der Waals surface area contributed by atoms with Gasteiger partial charge in [-0.05, 0) is 37.3 Å². The molecule has 5 aliphatic rings. The number of carbonyl (C=O) groups is 1. The largest absolute Gasteiger partial charge is 0.378 e. The fourth-order valence-corrected chi connectivity index (χ4v) is 7.81. The zero-order valence-corrected chi connectivity index (χ0v) is 16.4. The van der Waals surface area contributed by atoms with Gasteiger partial charge in [-0.1, -0.05) is 18.2 Å². The Kier molecular flexibility index (Phi) is 3.14. The summed E-state index contributed by atoms with van der Waals surface area (Å²) in [5.74, 6) is 1.60. The summed E-state index contributed by atoms with van der Waals surface area (Å²) in [6.07, 6.45) is 2.39. The number of benzene rings is 1. The summed E-state index contributed by atoms with van der Waals surface area (Å²) in [5.41, 5.74) is 1.95. The molecule has 1 aromatic carbocycles. The lowest BCUT2D eigenvalue weighted by atomic mass is 9.51. The Hall–Kier alpha value is -1.43. The third-order valence-corrected chi connectivity index (χ3v) is 8.69. The second-order valence-corrected chi connectivity index (χ2v) is 9.24. The van der Waals surface area contributed by atoms with Crippen molar-refractivity contribution >= 4 is 11.6 Å². The quantitative estimate of drug-likeness (QED) is 0.763. The maximum Gasteiger partial charge on any atom is 0.224 e. The molecule has 7 atom stereocenters. The lowest BCUT2D eigenvalue weighted by Gasteiger charge is -2.65. The number of ether oxygens (including phenoxy) is 2. The summed E-state index contributed by atoms with van der Waals surface area (Å²) in [4.78, 5) is 17.6. The van der Waals surface area contributed by atoms with Crippen LogP contribution in [0.15, 0.2) is 24.3 Å². The average Bonchev–Trinajstić information content (AvgIpc) is 3.18. The van der Waals surface area contributed by atoms with E-state index in [2.05, 4.69) is 41.0 Å². The van der Waals surface area contributed by atoms with Gasteiger partial charge in [-0.2, -0.15) is 0 Å². The van der Waals surface area contributed by atoms with E-state index in [0.29, 0.717) is 17.8 Å². The van der Waals surface area contributed by atoms with Crippen LogP contribution < -0.4 is 4.90 Å². The van der Waals surface area contributed by atoms with Crippen LogP contribution in [0.2, 0.25) is 0 Å². The minimum absolute atomic E-state index is 0.131. The number of methoxy groups -OCH3 is 1. The maximum atomic E-state index is 12.9. The number of piperidine rings is 1. The topological polar surface area (TPSA) is 42.0 Å². The van der Waals surface area contributed by atoms with Gasteiger partial charge >= 0.3 is 0 Å². The zero-order chi connectivity index (χ0) is 18.6. The van der Waals surface area contributed by atoms with Crippen LogP contribution in [0.25, 0.3) is 0 Å². The van der Waals surface area contributed by atoms with Gasteiger partial charge in [-0.25, -0.2) is 0 Å². The van der Waals surface area contributed by atoms with Crippen LogP contribution in [0.1, 0.15) is 32.3 Å². The second kappa shape index (κ2) is 5.13. The highest BCUT2D eigenvalue weighted by Crippen LogP contribution is 2.68. The highest BCUT2D eigenvalue weighted by Gasteiger charge is 2.76. The van der Waals surface area contributed by atoms with Gasteiger partial charge in [0.15, 0.2) is 0 Å². The minimum atomic E-state index is -0.299. The molecule has 1 amide bonds. The average molecular weight is 368 g/mol. The smallest absolute Gasteiger partial charge is 0.224 e. The molecule has 1 aliphatic carbocycles. The Morgan fingerprint density at radius 1 is 1.26 bits per heavy atom. The third-order valence-electron chi connectivity index (χ3n) is 8.69. The van der Waals surface area contributed by atoms with E-state index in [-0.39, 0.29) is 29.2 Å². The lowest BCUT2D eigenvalue weighted by Crippen LogP contribution is -2.75. The van der Waals surface area contributed by atoms with Crippen molar-refractivity contribution in [1.82, 2.24) is 4.90 Å². The zero-order valence-electron chi connectivity index (χ0n) is 16.4. The van der Waals surface area contributed by atoms with Gasteiger partial charge in [0.1, 0.15) is 5.72 Å². The molecule has 6 rings (SSSR count). The molecule has 4 heterocycles.